The lowest BCUT2D eigenvalue weighted by atomic mass is 9.88. The number of carbonyl (C=O) groups is 1. The van der Waals surface area contributed by atoms with Gasteiger partial charge in [-0.25, -0.2) is 0 Å². The molecule has 0 bridgehead atoms. The first kappa shape index (κ1) is 18.9. The number of aliphatic hydroxyl groups is 1. The second-order valence-electron chi connectivity index (χ2n) is 6.98. The number of allylic oxidation sites excluding steroid dienone is 1. The van der Waals surface area contributed by atoms with E-state index in [9.17, 15) is 9.90 Å². The van der Waals surface area contributed by atoms with Gasteiger partial charge in [-0.1, -0.05) is 67.6 Å². The minimum Gasteiger partial charge on any atom is -0.390 e. The van der Waals surface area contributed by atoms with Crippen LogP contribution >= 0.6 is 0 Å². The Labute approximate surface area is 150 Å². The topological polar surface area (TPSA) is 49.3 Å². The molecule has 0 unspecified atom stereocenters. The molecule has 25 heavy (non-hydrogen) atoms. The highest BCUT2D eigenvalue weighted by atomic mass is 16.3. The summed E-state index contributed by atoms with van der Waals surface area (Å²) in [5, 5.41) is 13.9. The van der Waals surface area contributed by atoms with Gasteiger partial charge < -0.3 is 10.4 Å². The highest BCUT2D eigenvalue weighted by molar-refractivity contribution is 6.04. The third kappa shape index (κ3) is 5.30. The molecular weight excluding hydrogens is 310 g/mol. The van der Waals surface area contributed by atoms with Crippen molar-refractivity contribution in [1.82, 2.24) is 5.32 Å². The molecule has 2 N–H and O–H groups in total. The molecule has 2 aromatic rings. The Kier molecular flexibility index (Phi) is 6.16. The highest BCUT2D eigenvalue weighted by Crippen LogP contribution is 2.25. The number of hydrogen-bond donors (Lipinski definition) is 2. The van der Waals surface area contributed by atoms with Crippen molar-refractivity contribution in [2.75, 3.05) is 0 Å². The molecule has 0 heterocycles. The zero-order valence-electron chi connectivity index (χ0n) is 15.4. The van der Waals surface area contributed by atoms with Crippen LogP contribution in [0.25, 0.3) is 0 Å². The molecule has 0 aliphatic carbocycles. The Morgan fingerprint density at radius 2 is 1.52 bits per heavy atom. The molecule has 3 nitrogen and oxygen atoms in total. The van der Waals surface area contributed by atoms with Gasteiger partial charge in [-0.2, -0.15) is 0 Å². The summed E-state index contributed by atoms with van der Waals surface area (Å²) in [4.78, 5) is 12.6. The van der Waals surface area contributed by atoms with Gasteiger partial charge in [0.25, 0.3) is 0 Å². The quantitative estimate of drug-likeness (QED) is 0.577. The maximum Gasteiger partial charge on any atom is 0.187 e. The molecule has 0 aliphatic rings. The van der Waals surface area contributed by atoms with Crippen molar-refractivity contribution >= 4 is 5.78 Å². The van der Waals surface area contributed by atoms with Crippen LogP contribution in [0.15, 0.2) is 72.4 Å². The van der Waals surface area contributed by atoms with E-state index in [0.717, 1.165) is 11.3 Å². The summed E-state index contributed by atoms with van der Waals surface area (Å²) < 4.78 is 0. The van der Waals surface area contributed by atoms with Crippen LogP contribution in [0.3, 0.4) is 0 Å². The third-order valence-electron chi connectivity index (χ3n) is 4.55. The fraction of sp³-hybridized carbons (Fsp3) is 0.318. The summed E-state index contributed by atoms with van der Waals surface area (Å²) in [7, 11) is 0. The smallest absolute Gasteiger partial charge is 0.187 e. The highest BCUT2D eigenvalue weighted by Gasteiger charge is 2.27. The summed E-state index contributed by atoms with van der Waals surface area (Å²) in [6.07, 6.45) is 1.61. The molecule has 0 saturated carbocycles. The van der Waals surface area contributed by atoms with Crippen molar-refractivity contribution < 1.29 is 9.90 Å². The van der Waals surface area contributed by atoms with E-state index in [0.29, 0.717) is 5.56 Å². The first-order chi connectivity index (χ1) is 11.8. The molecule has 0 amide bonds. The fourth-order valence-corrected chi connectivity index (χ4v) is 2.57. The zero-order valence-corrected chi connectivity index (χ0v) is 15.4. The van der Waals surface area contributed by atoms with Crippen molar-refractivity contribution in [3.8, 4) is 0 Å². The molecule has 0 saturated heterocycles. The van der Waals surface area contributed by atoms with Crippen LogP contribution in [0.2, 0.25) is 0 Å². The molecular formula is C22H27NO2. The van der Waals surface area contributed by atoms with Crippen molar-refractivity contribution in [1.29, 1.82) is 0 Å². The van der Waals surface area contributed by atoms with E-state index >= 15 is 0 Å². The van der Waals surface area contributed by atoms with E-state index in [-0.39, 0.29) is 17.7 Å². The molecule has 0 aliphatic heterocycles. The SMILES string of the molecule is C[C@@H](N/C(=C/C(=O)c1ccccc1)[C@H](C)C(C)(C)O)c1ccccc1. The van der Waals surface area contributed by atoms with E-state index in [1.54, 1.807) is 32.1 Å². The molecule has 0 radical (unpaired) electrons. The van der Waals surface area contributed by atoms with Crippen molar-refractivity contribution in [3.05, 3.63) is 83.6 Å². The predicted octanol–water partition coefficient (Wildman–Crippen LogP) is 4.51. The van der Waals surface area contributed by atoms with E-state index in [1.807, 2.05) is 62.4 Å². The minimum atomic E-state index is -0.938. The van der Waals surface area contributed by atoms with Gasteiger partial charge in [-0.3, -0.25) is 4.79 Å². The van der Waals surface area contributed by atoms with Crippen LogP contribution in [-0.4, -0.2) is 16.5 Å². The van der Waals surface area contributed by atoms with Gasteiger partial charge in [-0.05, 0) is 26.3 Å². The second kappa shape index (κ2) is 8.13. The zero-order chi connectivity index (χ0) is 18.4. The van der Waals surface area contributed by atoms with Gasteiger partial charge in [0.2, 0.25) is 0 Å². The molecule has 0 aromatic heterocycles. The summed E-state index contributed by atoms with van der Waals surface area (Å²) in [6.45, 7) is 7.49. The van der Waals surface area contributed by atoms with E-state index in [1.165, 1.54) is 0 Å². The van der Waals surface area contributed by atoms with Crippen LogP contribution in [0.4, 0.5) is 0 Å². The van der Waals surface area contributed by atoms with Gasteiger partial charge in [-0.15, -0.1) is 0 Å². The normalized spacial score (nSPS) is 14.7. The van der Waals surface area contributed by atoms with E-state index in [2.05, 4.69) is 5.32 Å². The first-order valence-electron chi connectivity index (χ1n) is 8.64. The fourth-order valence-electron chi connectivity index (χ4n) is 2.57. The van der Waals surface area contributed by atoms with Crippen LogP contribution in [-0.2, 0) is 0 Å². The maximum absolute atomic E-state index is 12.6. The Bertz CT molecular complexity index is 715. The summed E-state index contributed by atoms with van der Waals surface area (Å²) in [6, 6.07) is 19.3. The lowest BCUT2D eigenvalue weighted by Gasteiger charge is -2.31. The Morgan fingerprint density at radius 3 is 2.04 bits per heavy atom. The summed E-state index contributed by atoms with van der Waals surface area (Å²) in [5.74, 6) is -0.286. The number of carbonyl (C=O) groups excluding carboxylic acids is 1. The van der Waals surface area contributed by atoms with Gasteiger partial charge in [0, 0.05) is 29.3 Å². The number of nitrogens with one attached hydrogen (secondary N) is 1. The van der Waals surface area contributed by atoms with E-state index < -0.39 is 5.60 Å². The van der Waals surface area contributed by atoms with Crippen molar-refractivity contribution in [3.63, 3.8) is 0 Å². The van der Waals surface area contributed by atoms with Crippen LogP contribution in [0.1, 0.15) is 49.7 Å². The molecule has 2 aromatic carbocycles. The largest absolute Gasteiger partial charge is 0.390 e. The lowest BCUT2D eigenvalue weighted by Crippen LogP contribution is -2.36. The Hall–Kier alpha value is -2.39. The average Bonchev–Trinajstić information content (AvgIpc) is 2.61. The minimum absolute atomic E-state index is 0.0285. The predicted molar refractivity (Wildman–Crippen MR) is 102 cm³/mol. The molecule has 2 atom stereocenters. The third-order valence-corrected chi connectivity index (χ3v) is 4.55. The van der Waals surface area contributed by atoms with Gasteiger partial charge >= 0.3 is 0 Å². The maximum atomic E-state index is 12.6. The molecule has 132 valence electrons. The number of benzene rings is 2. The van der Waals surface area contributed by atoms with Gasteiger partial charge in [0.1, 0.15) is 0 Å². The number of rotatable bonds is 7. The van der Waals surface area contributed by atoms with E-state index in [4.69, 9.17) is 0 Å². The van der Waals surface area contributed by atoms with Crippen molar-refractivity contribution in [2.45, 2.75) is 39.3 Å². The van der Waals surface area contributed by atoms with Crippen LogP contribution in [0, 0.1) is 5.92 Å². The first-order valence-corrected chi connectivity index (χ1v) is 8.64. The second-order valence-corrected chi connectivity index (χ2v) is 6.98. The Morgan fingerprint density at radius 1 is 1.00 bits per heavy atom. The molecule has 2 rings (SSSR count). The summed E-state index contributed by atoms with van der Waals surface area (Å²) in [5.41, 5.74) is 1.56. The number of hydrogen-bond acceptors (Lipinski definition) is 3. The standard InChI is InChI=1S/C22H27NO2/c1-16(22(3,4)25)20(15-21(24)19-13-9-6-10-14-19)23-17(2)18-11-7-5-8-12-18/h5-17,23,25H,1-4H3/b20-15+/t16-,17+/m0/s1. The van der Waals surface area contributed by atoms with Crippen LogP contribution < -0.4 is 5.32 Å². The van der Waals surface area contributed by atoms with Crippen molar-refractivity contribution in [2.24, 2.45) is 5.92 Å². The van der Waals surface area contributed by atoms with Gasteiger partial charge in [0.05, 0.1) is 5.60 Å². The van der Waals surface area contributed by atoms with Gasteiger partial charge in [0.15, 0.2) is 5.78 Å². The molecule has 0 spiro atoms. The summed E-state index contributed by atoms with van der Waals surface area (Å²) >= 11 is 0. The molecule has 3 heteroatoms. The lowest BCUT2D eigenvalue weighted by molar-refractivity contribution is 0.0365. The number of ketones is 1. The molecule has 0 fully saturated rings. The Balaban J connectivity index is 2.30. The van der Waals surface area contributed by atoms with Crippen LogP contribution in [0.5, 0.6) is 0 Å². The monoisotopic (exact) mass is 337 g/mol. The average molecular weight is 337 g/mol.